The zero-order chi connectivity index (χ0) is 36.7. The van der Waals surface area contributed by atoms with E-state index in [1.165, 1.54) is 52.8 Å². The molecule has 3 aromatic heterocycles. The van der Waals surface area contributed by atoms with E-state index in [4.69, 9.17) is 4.42 Å². The SMILES string of the molecule is c1ccc(N(c2ccc(-n3c4ccccc4c4ccccc43)cc2)c2cccc3c2sc2ccccc23)c(-c2cccc3c2oc2cc4ccccc4cc23)c1. The molecule has 262 valence electrons. The van der Waals surface area contributed by atoms with Gasteiger partial charge < -0.3 is 13.9 Å². The normalized spacial score (nSPS) is 11.9. The summed E-state index contributed by atoms with van der Waals surface area (Å²) in [6, 6.07) is 70.2. The molecule has 9 aromatic carbocycles. The number of rotatable bonds is 5. The van der Waals surface area contributed by atoms with Gasteiger partial charge in [-0.3, -0.25) is 0 Å². The number of para-hydroxylation sites is 4. The highest BCUT2D eigenvalue weighted by molar-refractivity contribution is 7.26. The number of fused-ring (bicyclic) bond motifs is 10. The molecule has 12 rings (SSSR count). The summed E-state index contributed by atoms with van der Waals surface area (Å²) < 4.78 is 11.7. The lowest BCUT2D eigenvalue weighted by molar-refractivity contribution is 0.670. The quantitative estimate of drug-likeness (QED) is 0.176. The number of hydrogen-bond donors (Lipinski definition) is 0. The van der Waals surface area contributed by atoms with Crippen molar-refractivity contribution in [3.05, 3.63) is 194 Å². The highest BCUT2D eigenvalue weighted by atomic mass is 32.1. The molecule has 0 N–H and O–H groups in total. The third kappa shape index (κ3) is 4.63. The molecule has 0 saturated carbocycles. The van der Waals surface area contributed by atoms with Crippen LogP contribution < -0.4 is 4.90 Å². The minimum Gasteiger partial charge on any atom is -0.455 e. The largest absolute Gasteiger partial charge is 0.455 e. The van der Waals surface area contributed by atoms with E-state index in [0.29, 0.717) is 0 Å². The standard InChI is InChI=1S/C52H32N2OS/c1-2-14-34-32-49-44(31-33(34)13-1)42-20-11-19-41(51(42)55-49)39-17-5-9-24-47(39)54(48-25-12-21-43-40-18-6-10-26-50(40)56-52(43)48)36-29-27-35(28-30-36)53-45-22-7-3-15-37(45)38-16-4-8-23-46(38)53/h1-32H. The summed E-state index contributed by atoms with van der Waals surface area (Å²) in [5.74, 6) is 0. The Hall–Kier alpha value is -7.14. The number of benzene rings is 9. The topological polar surface area (TPSA) is 21.3 Å². The van der Waals surface area contributed by atoms with E-state index < -0.39 is 0 Å². The maximum Gasteiger partial charge on any atom is 0.143 e. The second-order valence-electron chi connectivity index (χ2n) is 14.5. The molecule has 0 spiro atoms. The van der Waals surface area contributed by atoms with Crippen LogP contribution in [0.15, 0.2) is 199 Å². The van der Waals surface area contributed by atoms with E-state index >= 15 is 0 Å². The number of hydrogen-bond acceptors (Lipinski definition) is 3. The highest BCUT2D eigenvalue weighted by Gasteiger charge is 2.23. The predicted octanol–water partition coefficient (Wildman–Crippen LogP) is 15.3. The molecule has 0 aliphatic rings. The van der Waals surface area contributed by atoms with Crippen molar-refractivity contribution in [3.8, 4) is 16.8 Å². The first-order valence-electron chi connectivity index (χ1n) is 19.0. The fourth-order valence-corrected chi connectivity index (χ4v) is 10.1. The monoisotopic (exact) mass is 732 g/mol. The van der Waals surface area contributed by atoms with Crippen molar-refractivity contribution in [3.63, 3.8) is 0 Å². The summed E-state index contributed by atoms with van der Waals surface area (Å²) in [4.78, 5) is 2.44. The molecule has 0 saturated heterocycles. The second-order valence-corrected chi connectivity index (χ2v) is 15.5. The van der Waals surface area contributed by atoms with Gasteiger partial charge in [0.15, 0.2) is 0 Å². The average molecular weight is 733 g/mol. The molecular weight excluding hydrogens is 701 g/mol. The van der Waals surface area contributed by atoms with Crippen LogP contribution in [0.4, 0.5) is 17.1 Å². The van der Waals surface area contributed by atoms with Crippen LogP contribution >= 0.6 is 11.3 Å². The van der Waals surface area contributed by atoms with Crippen molar-refractivity contribution < 1.29 is 4.42 Å². The third-order valence-corrected chi connectivity index (χ3v) is 12.6. The van der Waals surface area contributed by atoms with Crippen molar-refractivity contribution >= 4 is 103 Å². The van der Waals surface area contributed by atoms with E-state index in [9.17, 15) is 0 Å². The van der Waals surface area contributed by atoms with Crippen LogP contribution in [0.1, 0.15) is 0 Å². The highest BCUT2D eigenvalue weighted by Crippen LogP contribution is 2.49. The van der Waals surface area contributed by atoms with Crippen LogP contribution in [-0.4, -0.2) is 4.57 Å². The molecule has 0 amide bonds. The molecule has 0 atom stereocenters. The number of furan rings is 1. The van der Waals surface area contributed by atoms with Crippen molar-refractivity contribution in [1.82, 2.24) is 4.57 Å². The van der Waals surface area contributed by atoms with E-state index in [0.717, 1.165) is 55.8 Å². The lowest BCUT2D eigenvalue weighted by Crippen LogP contribution is -2.11. The van der Waals surface area contributed by atoms with Crippen molar-refractivity contribution in [1.29, 1.82) is 0 Å². The lowest BCUT2D eigenvalue weighted by Gasteiger charge is -2.28. The van der Waals surface area contributed by atoms with Crippen molar-refractivity contribution in [2.45, 2.75) is 0 Å². The molecule has 4 heteroatoms. The van der Waals surface area contributed by atoms with Crippen LogP contribution in [0.3, 0.4) is 0 Å². The average Bonchev–Trinajstić information content (AvgIpc) is 3.93. The molecule has 0 aliphatic carbocycles. The van der Waals surface area contributed by atoms with Gasteiger partial charge in [0, 0.05) is 59.5 Å². The maximum absolute atomic E-state index is 6.81. The van der Waals surface area contributed by atoms with Gasteiger partial charge in [-0.25, -0.2) is 0 Å². The van der Waals surface area contributed by atoms with Gasteiger partial charge in [0.2, 0.25) is 0 Å². The summed E-state index contributed by atoms with van der Waals surface area (Å²) in [6.45, 7) is 0. The van der Waals surface area contributed by atoms with Crippen LogP contribution in [-0.2, 0) is 0 Å². The van der Waals surface area contributed by atoms with Gasteiger partial charge in [-0.15, -0.1) is 11.3 Å². The summed E-state index contributed by atoms with van der Waals surface area (Å²) in [5.41, 5.74) is 10.8. The van der Waals surface area contributed by atoms with Gasteiger partial charge in [-0.05, 0) is 77.5 Å². The zero-order valence-electron chi connectivity index (χ0n) is 30.2. The predicted molar refractivity (Wildman–Crippen MR) is 239 cm³/mol. The molecule has 0 bridgehead atoms. The summed E-state index contributed by atoms with van der Waals surface area (Å²) >= 11 is 1.85. The smallest absolute Gasteiger partial charge is 0.143 e. The Bertz CT molecular complexity index is 3440. The minimum absolute atomic E-state index is 0.895. The van der Waals surface area contributed by atoms with Gasteiger partial charge >= 0.3 is 0 Å². The summed E-state index contributed by atoms with van der Waals surface area (Å²) in [6.07, 6.45) is 0. The first-order valence-corrected chi connectivity index (χ1v) is 19.8. The molecule has 0 radical (unpaired) electrons. The Morgan fingerprint density at radius 2 is 1.02 bits per heavy atom. The zero-order valence-corrected chi connectivity index (χ0v) is 31.0. The van der Waals surface area contributed by atoms with Crippen LogP contribution in [0.25, 0.3) is 91.5 Å². The van der Waals surface area contributed by atoms with E-state index in [-0.39, 0.29) is 0 Å². The first kappa shape index (κ1) is 31.2. The summed E-state index contributed by atoms with van der Waals surface area (Å²) in [5, 5.41) is 9.69. The number of anilines is 3. The molecule has 0 unspecified atom stereocenters. The first-order chi connectivity index (χ1) is 27.8. The number of thiophene rings is 1. The van der Waals surface area contributed by atoms with Gasteiger partial charge in [0.25, 0.3) is 0 Å². The molecular formula is C52H32N2OS. The number of aromatic nitrogens is 1. The van der Waals surface area contributed by atoms with Crippen LogP contribution in [0, 0.1) is 0 Å². The van der Waals surface area contributed by atoms with Crippen LogP contribution in [0.5, 0.6) is 0 Å². The van der Waals surface area contributed by atoms with Gasteiger partial charge in [0.1, 0.15) is 11.2 Å². The van der Waals surface area contributed by atoms with Gasteiger partial charge in [-0.2, -0.15) is 0 Å². The molecule has 56 heavy (non-hydrogen) atoms. The van der Waals surface area contributed by atoms with Crippen molar-refractivity contribution in [2.75, 3.05) is 4.90 Å². The van der Waals surface area contributed by atoms with Crippen molar-refractivity contribution in [2.24, 2.45) is 0 Å². The lowest BCUT2D eigenvalue weighted by atomic mass is 9.98. The molecule has 12 aromatic rings. The minimum atomic E-state index is 0.895. The molecule has 0 fully saturated rings. The number of nitrogens with zero attached hydrogens (tertiary/aromatic N) is 2. The maximum atomic E-state index is 6.81. The molecule has 3 heterocycles. The molecule has 3 nitrogen and oxygen atoms in total. The fourth-order valence-electron chi connectivity index (χ4n) is 8.86. The Balaban J connectivity index is 1.09. The third-order valence-electron chi connectivity index (χ3n) is 11.4. The van der Waals surface area contributed by atoms with E-state index in [1.54, 1.807) is 0 Å². The van der Waals surface area contributed by atoms with Crippen LogP contribution in [0.2, 0.25) is 0 Å². The Labute approximate surface area is 326 Å². The van der Waals surface area contributed by atoms with E-state index in [1.807, 2.05) is 11.3 Å². The Morgan fingerprint density at radius 3 is 1.82 bits per heavy atom. The fraction of sp³-hybridized carbons (Fsp3) is 0. The Morgan fingerprint density at radius 1 is 0.429 bits per heavy atom. The van der Waals surface area contributed by atoms with Gasteiger partial charge in [0.05, 0.1) is 27.1 Å². The van der Waals surface area contributed by atoms with Gasteiger partial charge in [-0.1, -0.05) is 127 Å². The second kappa shape index (κ2) is 12.2. The van der Waals surface area contributed by atoms with E-state index in [2.05, 4.69) is 204 Å². The molecule has 0 aliphatic heterocycles. The summed E-state index contributed by atoms with van der Waals surface area (Å²) in [7, 11) is 0. The Kier molecular flexibility index (Phi) is 6.80.